The fourth-order valence-corrected chi connectivity index (χ4v) is 3.11. The van der Waals surface area contributed by atoms with Crippen molar-refractivity contribution in [3.8, 4) is 0 Å². The second-order valence-electron chi connectivity index (χ2n) is 5.98. The van der Waals surface area contributed by atoms with Gasteiger partial charge >= 0.3 is 0 Å². The molecule has 0 unspecified atom stereocenters. The number of rotatable bonds is 6. The summed E-state index contributed by atoms with van der Waals surface area (Å²) in [6, 6.07) is 12.5. The van der Waals surface area contributed by atoms with Crippen molar-refractivity contribution in [1.29, 1.82) is 0 Å². The molecule has 1 saturated carbocycles. The Labute approximate surface area is 151 Å². The van der Waals surface area contributed by atoms with Crippen LogP contribution in [-0.4, -0.2) is 33.3 Å². The van der Waals surface area contributed by atoms with E-state index in [2.05, 4.69) is 15.4 Å². The lowest BCUT2D eigenvalue weighted by Crippen LogP contribution is -2.27. The van der Waals surface area contributed by atoms with E-state index in [1.807, 2.05) is 0 Å². The first-order valence-corrected chi connectivity index (χ1v) is 9.64. The van der Waals surface area contributed by atoms with Gasteiger partial charge in [-0.1, -0.05) is 12.1 Å². The van der Waals surface area contributed by atoms with Gasteiger partial charge in [0, 0.05) is 11.6 Å². The lowest BCUT2D eigenvalue weighted by molar-refractivity contribution is 0.0952. The van der Waals surface area contributed by atoms with Gasteiger partial charge in [-0.15, -0.1) is 0 Å². The molecule has 7 nitrogen and oxygen atoms in total. The Kier molecular flexibility index (Phi) is 5.06. The van der Waals surface area contributed by atoms with Crippen LogP contribution in [0.25, 0.3) is 0 Å². The van der Waals surface area contributed by atoms with Crippen LogP contribution in [-0.2, 0) is 10.0 Å². The van der Waals surface area contributed by atoms with Crippen molar-refractivity contribution in [2.45, 2.75) is 23.8 Å². The van der Waals surface area contributed by atoms with Gasteiger partial charge in [-0.3, -0.25) is 9.59 Å². The molecular formula is C18H19N3O4S. The highest BCUT2D eigenvalue weighted by Crippen LogP contribution is 2.22. The number of hydrogen-bond donors (Lipinski definition) is 3. The van der Waals surface area contributed by atoms with E-state index in [0.29, 0.717) is 11.3 Å². The molecule has 1 aliphatic carbocycles. The van der Waals surface area contributed by atoms with Gasteiger partial charge < -0.3 is 10.6 Å². The molecule has 26 heavy (non-hydrogen) atoms. The smallest absolute Gasteiger partial charge is 0.255 e. The summed E-state index contributed by atoms with van der Waals surface area (Å²) >= 11 is 0. The van der Waals surface area contributed by atoms with E-state index in [-0.39, 0.29) is 22.4 Å². The zero-order valence-electron chi connectivity index (χ0n) is 14.2. The number of nitrogens with one attached hydrogen (secondary N) is 3. The molecule has 0 heterocycles. The van der Waals surface area contributed by atoms with Crippen LogP contribution in [0.1, 0.15) is 33.6 Å². The zero-order chi connectivity index (χ0) is 18.7. The number of sulfonamides is 1. The maximum absolute atomic E-state index is 12.4. The van der Waals surface area contributed by atoms with Gasteiger partial charge in [-0.2, -0.15) is 0 Å². The fraction of sp³-hybridized carbons (Fsp3) is 0.222. The van der Waals surface area contributed by atoms with Gasteiger partial charge in [-0.25, -0.2) is 13.1 Å². The number of amides is 2. The minimum absolute atomic E-state index is 0.0701. The third kappa shape index (κ3) is 4.09. The summed E-state index contributed by atoms with van der Waals surface area (Å²) in [5, 5.41) is 5.60. The van der Waals surface area contributed by atoms with Crippen molar-refractivity contribution in [1.82, 2.24) is 10.0 Å². The molecule has 0 saturated heterocycles. The molecule has 0 aromatic heterocycles. The topological polar surface area (TPSA) is 104 Å². The average molecular weight is 373 g/mol. The number of carbonyl (C=O) groups excluding carboxylic acids is 2. The summed E-state index contributed by atoms with van der Waals surface area (Å²) in [6.45, 7) is 0. The van der Waals surface area contributed by atoms with Gasteiger partial charge in [0.25, 0.3) is 11.8 Å². The Hall–Kier alpha value is -2.71. The lowest BCUT2D eigenvalue weighted by atomic mass is 10.1. The van der Waals surface area contributed by atoms with E-state index >= 15 is 0 Å². The Morgan fingerprint density at radius 1 is 0.962 bits per heavy atom. The molecule has 0 atom stereocenters. The van der Waals surface area contributed by atoms with Gasteiger partial charge in [0.15, 0.2) is 0 Å². The largest absolute Gasteiger partial charge is 0.349 e. The summed E-state index contributed by atoms with van der Waals surface area (Å²) < 4.78 is 25.7. The molecule has 3 N–H and O–H groups in total. The van der Waals surface area contributed by atoms with Crippen LogP contribution >= 0.6 is 0 Å². The van der Waals surface area contributed by atoms with Crippen LogP contribution < -0.4 is 15.4 Å². The highest BCUT2D eigenvalue weighted by molar-refractivity contribution is 7.89. The van der Waals surface area contributed by atoms with E-state index in [1.165, 1.54) is 31.3 Å². The van der Waals surface area contributed by atoms with Crippen molar-refractivity contribution in [3.05, 3.63) is 59.7 Å². The predicted octanol–water partition coefficient (Wildman–Crippen LogP) is 1.74. The molecule has 2 aromatic carbocycles. The maximum atomic E-state index is 12.4. The number of benzene rings is 2. The Bertz CT molecular complexity index is 935. The monoisotopic (exact) mass is 373 g/mol. The minimum atomic E-state index is -3.56. The first kappa shape index (κ1) is 18.1. The molecule has 2 amide bonds. The number of para-hydroxylation sites is 1. The molecular weight excluding hydrogens is 354 g/mol. The molecule has 0 bridgehead atoms. The highest BCUT2D eigenvalue weighted by Gasteiger charge is 2.25. The summed E-state index contributed by atoms with van der Waals surface area (Å²) in [7, 11) is -2.24. The molecule has 1 fully saturated rings. The standard InChI is InChI=1S/C18H19N3O4S/c1-19-26(24,25)14-10-6-12(7-11-14)17(22)21-16-5-3-2-4-15(16)18(23)20-13-8-9-13/h2-7,10-11,13,19H,8-9H2,1H3,(H,20,23)(H,21,22). The van der Waals surface area contributed by atoms with Gasteiger partial charge in [0.05, 0.1) is 16.1 Å². The second kappa shape index (κ2) is 7.27. The molecule has 0 radical (unpaired) electrons. The Morgan fingerprint density at radius 2 is 1.62 bits per heavy atom. The molecule has 136 valence electrons. The number of hydrogen-bond acceptors (Lipinski definition) is 4. The SMILES string of the molecule is CNS(=O)(=O)c1ccc(C(=O)Nc2ccccc2C(=O)NC2CC2)cc1. The van der Waals surface area contributed by atoms with Crippen LogP contribution in [0.2, 0.25) is 0 Å². The van der Waals surface area contributed by atoms with Crippen LogP contribution in [0.4, 0.5) is 5.69 Å². The van der Waals surface area contributed by atoms with Gasteiger partial charge in [-0.05, 0) is 56.3 Å². The van der Waals surface area contributed by atoms with Crippen molar-refractivity contribution in [3.63, 3.8) is 0 Å². The third-order valence-corrected chi connectivity index (χ3v) is 5.46. The fourth-order valence-electron chi connectivity index (χ4n) is 2.38. The van der Waals surface area contributed by atoms with Crippen LogP contribution in [0.3, 0.4) is 0 Å². The minimum Gasteiger partial charge on any atom is -0.349 e. The predicted molar refractivity (Wildman–Crippen MR) is 97.6 cm³/mol. The average Bonchev–Trinajstić information content (AvgIpc) is 3.46. The van der Waals surface area contributed by atoms with E-state index in [9.17, 15) is 18.0 Å². The third-order valence-electron chi connectivity index (χ3n) is 4.03. The Balaban J connectivity index is 1.77. The van der Waals surface area contributed by atoms with E-state index in [1.54, 1.807) is 24.3 Å². The first-order valence-electron chi connectivity index (χ1n) is 8.15. The van der Waals surface area contributed by atoms with Crippen LogP contribution in [0.5, 0.6) is 0 Å². The maximum Gasteiger partial charge on any atom is 0.255 e. The zero-order valence-corrected chi connectivity index (χ0v) is 15.0. The highest BCUT2D eigenvalue weighted by atomic mass is 32.2. The summed E-state index contributed by atoms with van der Waals surface area (Å²) in [4.78, 5) is 24.8. The van der Waals surface area contributed by atoms with E-state index in [0.717, 1.165) is 12.8 Å². The lowest BCUT2D eigenvalue weighted by Gasteiger charge is -2.11. The van der Waals surface area contributed by atoms with E-state index in [4.69, 9.17) is 0 Å². The van der Waals surface area contributed by atoms with Crippen molar-refractivity contribution >= 4 is 27.5 Å². The van der Waals surface area contributed by atoms with Crippen LogP contribution in [0.15, 0.2) is 53.4 Å². The summed E-state index contributed by atoms with van der Waals surface area (Å²) in [5.41, 5.74) is 1.09. The van der Waals surface area contributed by atoms with Crippen LogP contribution in [0, 0.1) is 0 Å². The summed E-state index contributed by atoms with van der Waals surface area (Å²) in [6.07, 6.45) is 1.95. The van der Waals surface area contributed by atoms with Crippen molar-refractivity contribution in [2.75, 3.05) is 12.4 Å². The van der Waals surface area contributed by atoms with E-state index < -0.39 is 15.9 Å². The second-order valence-corrected chi connectivity index (χ2v) is 7.87. The molecule has 1 aliphatic rings. The number of anilines is 1. The van der Waals surface area contributed by atoms with Gasteiger partial charge in [0.2, 0.25) is 10.0 Å². The first-order chi connectivity index (χ1) is 12.4. The summed E-state index contributed by atoms with van der Waals surface area (Å²) in [5.74, 6) is -0.649. The van der Waals surface area contributed by atoms with Crippen molar-refractivity contribution in [2.24, 2.45) is 0 Å². The molecule has 0 aliphatic heterocycles. The molecule has 8 heteroatoms. The van der Waals surface area contributed by atoms with Gasteiger partial charge in [0.1, 0.15) is 0 Å². The molecule has 0 spiro atoms. The molecule has 2 aromatic rings. The number of carbonyl (C=O) groups is 2. The quantitative estimate of drug-likeness (QED) is 0.717. The van der Waals surface area contributed by atoms with Crippen molar-refractivity contribution < 1.29 is 18.0 Å². The Morgan fingerprint density at radius 3 is 2.23 bits per heavy atom. The normalized spacial score (nSPS) is 13.9. The molecule has 3 rings (SSSR count).